The van der Waals surface area contributed by atoms with E-state index in [9.17, 15) is 0 Å². The fourth-order valence-corrected chi connectivity index (χ4v) is 3.53. The van der Waals surface area contributed by atoms with Crippen LogP contribution in [0.25, 0.3) is 0 Å². The van der Waals surface area contributed by atoms with Gasteiger partial charge in [0.05, 0.1) is 5.71 Å². The molecule has 0 heterocycles. The minimum Gasteiger partial charge on any atom is -0.457 e. The monoisotopic (exact) mass is 343 g/mol. The van der Waals surface area contributed by atoms with Crippen molar-refractivity contribution in [1.29, 1.82) is 0 Å². The zero-order valence-corrected chi connectivity index (χ0v) is 14.8. The Hall–Kier alpha value is -3.07. The summed E-state index contributed by atoms with van der Waals surface area (Å²) in [7, 11) is 1.61. The Morgan fingerprint density at radius 1 is 0.846 bits per heavy atom. The van der Waals surface area contributed by atoms with E-state index in [0.29, 0.717) is 0 Å². The number of fused-ring (bicyclic) bond motifs is 1. The standard InChI is InChI=1S/C23H21NO2/c1-25-24-23-16-18-7-5-6-10-21(18)22(23)15-17-11-13-20(14-12-17)26-19-8-3-2-4-9-19/h2-14,22H,15-16H2,1H3/b24-23-. The molecule has 1 aliphatic rings. The van der Waals surface area contributed by atoms with E-state index in [-0.39, 0.29) is 5.92 Å². The smallest absolute Gasteiger partial charge is 0.127 e. The lowest BCUT2D eigenvalue weighted by molar-refractivity contribution is 0.211. The summed E-state index contributed by atoms with van der Waals surface area (Å²) in [5.74, 6) is 1.96. The topological polar surface area (TPSA) is 30.8 Å². The van der Waals surface area contributed by atoms with Crippen molar-refractivity contribution in [2.24, 2.45) is 5.16 Å². The highest BCUT2D eigenvalue weighted by Gasteiger charge is 2.29. The van der Waals surface area contributed by atoms with Gasteiger partial charge in [0, 0.05) is 12.3 Å². The van der Waals surface area contributed by atoms with Gasteiger partial charge in [0.25, 0.3) is 0 Å². The van der Waals surface area contributed by atoms with Crippen LogP contribution in [0.4, 0.5) is 0 Å². The molecule has 0 spiro atoms. The molecule has 3 nitrogen and oxygen atoms in total. The van der Waals surface area contributed by atoms with Gasteiger partial charge in [0.1, 0.15) is 18.6 Å². The van der Waals surface area contributed by atoms with Crippen LogP contribution in [0.1, 0.15) is 22.6 Å². The predicted molar refractivity (Wildman–Crippen MR) is 104 cm³/mol. The van der Waals surface area contributed by atoms with E-state index < -0.39 is 0 Å². The van der Waals surface area contributed by atoms with E-state index in [2.05, 4.69) is 41.6 Å². The Bertz CT molecular complexity index is 901. The molecule has 0 saturated heterocycles. The molecule has 0 saturated carbocycles. The van der Waals surface area contributed by atoms with Gasteiger partial charge < -0.3 is 9.57 Å². The molecule has 1 unspecified atom stereocenters. The van der Waals surface area contributed by atoms with Crippen LogP contribution in [0.5, 0.6) is 11.5 Å². The second-order valence-corrected chi connectivity index (χ2v) is 6.46. The molecule has 26 heavy (non-hydrogen) atoms. The van der Waals surface area contributed by atoms with Crippen molar-refractivity contribution >= 4 is 5.71 Å². The molecule has 3 aromatic rings. The molecule has 130 valence electrons. The van der Waals surface area contributed by atoms with Crippen molar-refractivity contribution in [1.82, 2.24) is 0 Å². The van der Waals surface area contributed by atoms with Crippen molar-refractivity contribution < 1.29 is 9.57 Å². The van der Waals surface area contributed by atoms with Gasteiger partial charge in [-0.3, -0.25) is 0 Å². The molecule has 1 atom stereocenters. The van der Waals surface area contributed by atoms with Crippen LogP contribution >= 0.6 is 0 Å². The Morgan fingerprint density at radius 3 is 2.31 bits per heavy atom. The second-order valence-electron chi connectivity index (χ2n) is 6.46. The molecule has 0 amide bonds. The lowest BCUT2D eigenvalue weighted by atomic mass is 9.92. The summed E-state index contributed by atoms with van der Waals surface area (Å²) in [4.78, 5) is 5.08. The zero-order chi connectivity index (χ0) is 17.8. The third kappa shape index (κ3) is 3.47. The Morgan fingerprint density at radius 2 is 1.54 bits per heavy atom. The number of para-hydroxylation sites is 1. The van der Waals surface area contributed by atoms with Gasteiger partial charge in [-0.15, -0.1) is 0 Å². The highest BCUT2D eigenvalue weighted by atomic mass is 16.6. The summed E-state index contributed by atoms with van der Waals surface area (Å²) < 4.78 is 5.88. The summed E-state index contributed by atoms with van der Waals surface area (Å²) in [6.07, 6.45) is 1.77. The van der Waals surface area contributed by atoms with Crippen molar-refractivity contribution in [2.75, 3.05) is 7.11 Å². The predicted octanol–water partition coefficient (Wildman–Crippen LogP) is 5.36. The first kappa shape index (κ1) is 16.4. The molecular formula is C23H21NO2. The fourth-order valence-electron chi connectivity index (χ4n) is 3.53. The SMILES string of the molecule is CO/N=C1/Cc2ccccc2C1Cc1ccc(Oc2ccccc2)cc1. The second kappa shape index (κ2) is 7.44. The number of rotatable bonds is 5. The van der Waals surface area contributed by atoms with Crippen LogP contribution in [-0.2, 0) is 17.7 Å². The third-order valence-electron chi connectivity index (χ3n) is 4.75. The third-order valence-corrected chi connectivity index (χ3v) is 4.75. The molecule has 3 aromatic carbocycles. The minimum atomic E-state index is 0.270. The van der Waals surface area contributed by atoms with Crippen molar-refractivity contribution in [3.8, 4) is 11.5 Å². The van der Waals surface area contributed by atoms with Crippen molar-refractivity contribution in [3.05, 3.63) is 95.6 Å². The first-order valence-electron chi connectivity index (χ1n) is 8.83. The Balaban J connectivity index is 1.52. The quantitative estimate of drug-likeness (QED) is 0.584. The van der Waals surface area contributed by atoms with Gasteiger partial charge in [-0.1, -0.05) is 59.8 Å². The maximum atomic E-state index is 5.88. The number of ether oxygens (including phenoxy) is 1. The van der Waals surface area contributed by atoms with Gasteiger partial charge in [-0.2, -0.15) is 0 Å². The highest BCUT2D eigenvalue weighted by Crippen LogP contribution is 2.34. The van der Waals surface area contributed by atoms with Gasteiger partial charge in [-0.05, 0) is 47.4 Å². The summed E-state index contributed by atoms with van der Waals surface area (Å²) in [6.45, 7) is 0. The maximum absolute atomic E-state index is 5.88. The Kier molecular flexibility index (Phi) is 4.69. The van der Waals surface area contributed by atoms with Crippen LogP contribution in [-0.4, -0.2) is 12.8 Å². The fraction of sp³-hybridized carbons (Fsp3) is 0.174. The van der Waals surface area contributed by atoms with Crippen LogP contribution < -0.4 is 4.74 Å². The van der Waals surface area contributed by atoms with Gasteiger partial charge >= 0.3 is 0 Å². The normalized spacial score (nSPS) is 17.1. The van der Waals surface area contributed by atoms with Crippen LogP contribution in [0.15, 0.2) is 84.0 Å². The molecule has 0 N–H and O–H groups in total. The van der Waals surface area contributed by atoms with Gasteiger partial charge in [-0.25, -0.2) is 0 Å². The number of hydrogen-bond donors (Lipinski definition) is 0. The van der Waals surface area contributed by atoms with E-state index >= 15 is 0 Å². The van der Waals surface area contributed by atoms with E-state index in [0.717, 1.165) is 30.1 Å². The number of oxime groups is 1. The van der Waals surface area contributed by atoms with Crippen molar-refractivity contribution in [2.45, 2.75) is 18.8 Å². The first-order valence-corrected chi connectivity index (χ1v) is 8.83. The number of nitrogens with zero attached hydrogens (tertiary/aromatic N) is 1. The van der Waals surface area contributed by atoms with E-state index in [1.54, 1.807) is 7.11 Å². The molecular weight excluding hydrogens is 322 g/mol. The first-order chi connectivity index (χ1) is 12.8. The molecule has 0 aliphatic heterocycles. The average Bonchev–Trinajstić information content (AvgIpc) is 3.02. The molecule has 3 heteroatoms. The zero-order valence-electron chi connectivity index (χ0n) is 14.8. The Labute approximate surface area is 153 Å². The lowest BCUT2D eigenvalue weighted by Crippen LogP contribution is -2.10. The van der Waals surface area contributed by atoms with Gasteiger partial charge in [0.2, 0.25) is 0 Å². The largest absolute Gasteiger partial charge is 0.457 e. The van der Waals surface area contributed by atoms with Gasteiger partial charge in [0.15, 0.2) is 0 Å². The van der Waals surface area contributed by atoms with E-state index in [1.165, 1.54) is 16.7 Å². The molecule has 0 bridgehead atoms. The minimum absolute atomic E-state index is 0.270. The summed E-state index contributed by atoms with van der Waals surface area (Å²) in [6, 6.07) is 26.7. The lowest BCUT2D eigenvalue weighted by Gasteiger charge is -2.13. The highest BCUT2D eigenvalue weighted by molar-refractivity contribution is 5.96. The summed E-state index contributed by atoms with van der Waals surface area (Å²) in [5, 5.41) is 4.28. The number of benzene rings is 3. The summed E-state index contributed by atoms with van der Waals surface area (Å²) in [5.41, 5.74) is 5.06. The van der Waals surface area contributed by atoms with Crippen LogP contribution in [0.3, 0.4) is 0 Å². The molecule has 4 rings (SSSR count). The van der Waals surface area contributed by atoms with Crippen LogP contribution in [0.2, 0.25) is 0 Å². The molecule has 0 aromatic heterocycles. The molecule has 0 fully saturated rings. The summed E-state index contributed by atoms with van der Waals surface area (Å²) >= 11 is 0. The maximum Gasteiger partial charge on any atom is 0.127 e. The van der Waals surface area contributed by atoms with E-state index in [1.807, 2.05) is 42.5 Å². The molecule has 1 aliphatic carbocycles. The van der Waals surface area contributed by atoms with Crippen LogP contribution in [0, 0.1) is 0 Å². The number of hydrogen-bond acceptors (Lipinski definition) is 3. The molecule has 0 radical (unpaired) electrons. The average molecular weight is 343 g/mol. The van der Waals surface area contributed by atoms with E-state index in [4.69, 9.17) is 9.57 Å². The van der Waals surface area contributed by atoms with Crippen molar-refractivity contribution in [3.63, 3.8) is 0 Å².